The molecule has 0 aliphatic carbocycles. The summed E-state index contributed by atoms with van der Waals surface area (Å²) in [7, 11) is 0. The number of carbonyl (C=O) groups is 3. The molecule has 174 valence electrons. The van der Waals surface area contributed by atoms with Crippen molar-refractivity contribution >= 4 is 29.2 Å². The number of amides is 2. The van der Waals surface area contributed by atoms with Crippen molar-refractivity contribution in [2.24, 2.45) is 5.92 Å². The fourth-order valence-electron chi connectivity index (χ4n) is 3.39. The molecule has 1 aliphatic rings. The number of anilines is 1. The van der Waals surface area contributed by atoms with Gasteiger partial charge in [0.2, 0.25) is 5.82 Å². The second-order valence-electron chi connectivity index (χ2n) is 7.57. The third-order valence-electron chi connectivity index (χ3n) is 5.28. The summed E-state index contributed by atoms with van der Waals surface area (Å²) in [6.45, 7) is 1.95. The number of likely N-dealkylation sites (tertiary alicyclic amines) is 1. The molecule has 33 heavy (non-hydrogen) atoms. The van der Waals surface area contributed by atoms with E-state index in [2.05, 4.69) is 5.32 Å². The number of benzene rings is 2. The normalized spacial score (nSPS) is 14.9. The Morgan fingerprint density at radius 1 is 1.12 bits per heavy atom. The Bertz CT molecular complexity index is 1070. The summed E-state index contributed by atoms with van der Waals surface area (Å²) < 4.78 is 31.7. The van der Waals surface area contributed by atoms with Gasteiger partial charge in [-0.3, -0.25) is 24.5 Å². The largest absolute Gasteiger partial charge is 0.452 e. The lowest BCUT2D eigenvalue weighted by Gasteiger charge is -2.31. The summed E-state index contributed by atoms with van der Waals surface area (Å²) >= 11 is 0. The lowest BCUT2D eigenvalue weighted by Crippen LogP contribution is -2.41. The predicted molar refractivity (Wildman–Crippen MR) is 112 cm³/mol. The number of rotatable bonds is 6. The highest BCUT2D eigenvalue weighted by molar-refractivity contribution is 5.96. The average molecular weight is 461 g/mol. The molecule has 1 unspecified atom stereocenters. The van der Waals surface area contributed by atoms with Crippen molar-refractivity contribution in [3.8, 4) is 0 Å². The van der Waals surface area contributed by atoms with E-state index in [1.165, 1.54) is 31.2 Å². The Balaban J connectivity index is 1.50. The van der Waals surface area contributed by atoms with Crippen LogP contribution in [0.3, 0.4) is 0 Å². The Morgan fingerprint density at radius 3 is 2.36 bits per heavy atom. The third kappa shape index (κ3) is 5.88. The first-order valence-electron chi connectivity index (χ1n) is 10.2. The zero-order valence-corrected chi connectivity index (χ0v) is 17.6. The maximum Gasteiger partial charge on any atom is 0.309 e. The topological polar surface area (TPSA) is 119 Å². The molecule has 1 atom stereocenters. The number of carbonyl (C=O) groups excluding carboxylic acids is 3. The van der Waals surface area contributed by atoms with Crippen LogP contribution in [0.4, 0.5) is 20.2 Å². The predicted octanol–water partition coefficient (Wildman–Crippen LogP) is 3.30. The molecule has 0 aromatic heterocycles. The van der Waals surface area contributed by atoms with Gasteiger partial charge in [-0.2, -0.15) is 4.39 Å². The minimum absolute atomic E-state index is 0.0105. The van der Waals surface area contributed by atoms with Gasteiger partial charge in [-0.15, -0.1) is 0 Å². The highest BCUT2D eigenvalue weighted by atomic mass is 19.1. The van der Waals surface area contributed by atoms with Crippen molar-refractivity contribution in [1.29, 1.82) is 0 Å². The zero-order valence-electron chi connectivity index (χ0n) is 17.6. The standard InChI is InChI=1S/C22H21F2N3O6/c1-13(20(28)25-17-6-7-18(24)19(12-17)27(31)32)33-22(30)15-8-10-26(11-9-15)21(29)14-2-4-16(23)5-3-14/h2-7,12-13,15H,8-11H2,1H3,(H,25,28). The Morgan fingerprint density at radius 2 is 1.76 bits per heavy atom. The van der Waals surface area contributed by atoms with Crippen molar-refractivity contribution in [2.45, 2.75) is 25.9 Å². The second-order valence-corrected chi connectivity index (χ2v) is 7.57. The van der Waals surface area contributed by atoms with E-state index in [-0.39, 0.29) is 11.6 Å². The summed E-state index contributed by atoms with van der Waals surface area (Å²) in [6.07, 6.45) is -0.519. The molecule has 0 saturated carbocycles. The first-order chi connectivity index (χ1) is 15.7. The van der Waals surface area contributed by atoms with Gasteiger partial charge in [-0.1, -0.05) is 0 Å². The van der Waals surface area contributed by atoms with Gasteiger partial charge < -0.3 is 15.0 Å². The molecule has 0 spiro atoms. The van der Waals surface area contributed by atoms with Crippen molar-refractivity contribution in [1.82, 2.24) is 4.90 Å². The molecule has 2 aromatic carbocycles. The van der Waals surface area contributed by atoms with Crippen molar-refractivity contribution < 1.29 is 32.8 Å². The summed E-state index contributed by atoms with van der Waals surface area (Å²) in [5.74, 6) is -3.58. The average Bonchev–Trinajstić information content (AvgIpc) is 2.80. The van der Waals surface area contributed by atoms with Crippen LogP contribution in [-0.2, 0) is 14.3 Å². The van der Waals surface area contributed by atoms with Crippen LogP contribution >= 0.6 is 0 Å². The van der Waals surface area contributed by atoms with Crippen molar-refractivity contribution in [3.63, 3.8) is 0 Å². The lowest BCUT2D eigenvalue weighted by atomic mass is 9.96. The van der Waals surface area contributed by atoms with E-state index >= 15 is 0 Å². The number of nitrogens with one attached hydrogen (secondary N) is 1. The maximum atomic E-state index is 13.4. The first-order valence-corrected chi connectivity index (χ1v) is 10.2. The molecule has 1 N–H and O–H groups in total. The number of esters is 1. The van der Waals surface area contributed by atoms with Gasteiger partial charge in [0.05, 0.1) is 10.8 Å². The third-order valence-corrected chi connectivity index (χ3v) is 5.28. The monoisotopic (exact) mass is 461 g/mol. The molecule has 2 amide bonds. The van der Waals surface area contributed by atoms with Crippen LogP contribution in [0.5, 0.6) is 0 Å². The van der Waals surface area contributed by atoms with E-state index in [1.807, 2.05) is 0 Å². The first kappa shape index (κ1) is 23.8. The van der Waals surface area contributed by atoms with Gasteiger partial charge in [-0.05, 0) is 56.2 Å². The van der Waals surface area contributed by atoms with Crippen molar-refractivity contribution in [2.75, 3.05) is 18.4 Å². The van der Waals surface area contributed by atoms with E-state index in [1.54, 1.807) is 4.90 Å². The summed E-state index contributed by atoms with van der Waals surface area (Å²) in [5.41, 5.74) is -0.452. The minimum atomic E-state index is -1.19. The van der Waals surface area contributed by atoms with Crippen LogP contribution in [0.2, 0.25) is 0 Å². The van der Waals surface area contributed by atoms with Crippen LogP contribution < -0.4 is 5.32 Å². The smallest absolute Gasteiger partial charge is 0.309 e. The zero-order chi connectivity index (χ0) is 24.1. The van der Waals surface area contributed by atoms with Crippen LogP contribution in [0.25, 0.3) is 0 Å². The Kier molecular flexibility index (Phi) is 7.31. The lowest BCUT2D eigenvalue weighted by molar-refractivity contribution is -0.387. The van der Waals surface area contributed by atoms with Gasteiger partial charge >= 0.3 is 11.7 Å². The second kappa shape index (κ2) is 10.2. The quantitative estimate of drug-likeness (QED) is 0.401. The fourth-order valence-corrected chi connectivity index (χ4v) is 3.39. The number of nitro benzene ring substituents is 1. The molecule has 0 bridgehead atoms. The molecule has 3 rings (SSSR count). The van der Waals surface area contributed by atoms with Gasteiger partial charge in [0, 0.05) is 30.4 Å². The molecular weight excluding hydrogens is 440 g/mol. The number of piperidine rings is 1. The van der Waals surface area contributed by atoms with Gasteiger partial charge in [-0.25, -0.2) is 4.39 Å². The Labute approximate surface area is 187 Å². The van der Waals surface area contributed by atoms with Gasteiger partial charge in [0.15, 0.2) is 6.10 Å². The molecule has 11 heteroatoms. The SMILES string of the molecule is CC(OC(=O)C1CCN(C(=O)c2ccc(F)cc2)CC1)C(=O)Nc1ccc(F)c([N+](=O)[O-])c1. The van der Waals surface area contributed by atoms with Gasteiger partial charge in [0.1, 0.15) is 5.82 Å². The fraction of sp³-hybridized carbons (Fsp3) is 0.318. The number of hydrogen-bond acceptors (Lipinski definition) is 6. The molecular formula is C22H21F2N3O6. The number of nitrogens with zero attached hydrogens (tertiary/aromatic N) is 2. The summed E-state index contributed by atoms with van der Waals surface area (Å²) in [4.78, 5) is 48.7. The molecule has 2 aromatic rings. The minimum Gasteiger partial charge on any atom is -0.452 e. The molecule has 1 aliphatic heterocycles. The van der Waals surface area contributed by atoms with Crippen LogP contribution in [0, 0.1) is 27.7 Å². The molecule has 1 saturated heterocycles. The van der Waals surface area contributed by atoms with Crippen LogP contribution in [0.15, 0.2) is 42.5 Å². The molecule has 9 nitrogen and oxygen atoms in total. The molecule has 0 radical (unpaired) electrons. The summed E-state index contributed by atoms with van der Waals surface area (Å²) in [6, 6.07) is 8.08. The Hall–Kier alpha value is -3.89. The highest BCUT2D eigenvalue weighted by Crippen LogP contribution is 2.23. The number of halogens is 2. The number of hydrogen-bond donors (Lipinski definition) is 1. The van der Waals surface area contributed by atoms with E-state index < -0.39 is 46.1 Å². The van der Waals surface area contributed by atoms with E-state index in [9.17, 15) is 33.3 Å². The molecule has 1 fully saturated rings. The summed E-state index contributed by atoms with van der Waals surface area (Å²) in [5, 5.41) is 13.2. The highest BCUT2D eigenvalue weighted by Gasteiger charge is 2.31. The van der Waals surface area contributed by atoms with Crippen LogP contribution in [-0.4, -0.2) is 46.8 Å². The van der Waals surface area contributed by atoms with E-state index in [0.717, 1.165) is 18.2 Å². The number of nitro groups is 1. The van der Waals surface area contributed by atoms with E-state index in [0.29, 0.717) is 31.5 Å². The van der Waals surface area contributed by atoms with Crippen molar-refractivity contribution in [3.05, 3.63) is 69.8 Å². The molecule has 1 heterocycles. The van der Waals surface area contributed by atoms with Gasteiger partial charge in [0.25, 0.3) is 11.8 Å². The van der Waals surface area contributed by atoms with E-state index in [4.69, 9.17) is 4.74 Å². The number of ether oxygens (including phenoxy) is 1. The van der Waals surface area contributed by atoms with Crippen LogP contribution in [0.1, 0.15) is 30.1 Å². The maximum absolute atomic E-state index is 13.4.